The van der Waals surface area contributed by atoms with Crippen LogP contribution in [0.25, 0.3) is 11.1 Å². The number of halogens is 2. The fourth-order valence-electron chi connectivity index (χ4n) is 5.24. The molecule has 5 nitrogen and oxygen atoms in total. The topological polar surface area (TPSA) is 67.8 Å². The molecule has 0 aliphatic heterocycles. The van der Waals surface area contributed by atoms with E-state index >= 15 is 0 Å². The van der Waals surface area contributed by atoms with Crippen molar-refractivity contribution in [2.75, 3.05) is 12.4 Å². The van der Waals surface area contributed by atoms with Crippen LogP contribution in [0.15, 0.2) is 30.3 Å². The molecule has 4 rings (SSSR count). The number of rotatable bonds is 8. The Kier molecular flexibility index (Phi) is 7.36. The smallest absolute Gasteiger partial charge is 0.329 e. The second-order valence-electron chi connectivity index (χ2n) is 10.1. The van der Waals surface area contributed by atoms with Crippen LogP contribution < -0.4 is 10.1 Å². The summed E-state index contributed by atoms with van der Waals surface area (Å²) in [5.74, 6) is -3.11. The zero-order valence-corrected chi connectivity index (χ0v) is 20.8. The molecule has 0 amide bonds. The Morgan fingerprint density at radius 3 is 2.40 bits per heavy atom. The van der Waals surface area contributed by atoms with E-state index in [1.165, 1.54) is 12.8 Å². The third kappa shape index (κ3) is 5.61. The monoisotopic (exact) mass is 487 g/mol. The average molecular weight is 488 g/mol. The largest absolute Gasteiger partial charge is 0.496 e. The van der Waals surface area contributed by atoms with Gasteiger partial charge in [-0.05, 0) is 85.5 Å². The van der Waals surface area contributed by atoms with Gasteiger partial charge in [0.25, 0.3) is 0 Å². The molecular weight excluding hydrogens is 452 g/mol. The van der Waals surface area contributed by atoms with E-state index in [0.717, 1.165) is 46.4 Å². The maximum atomic E-state index is 13.8. The minimum atomic E-state index is -2.81. The average Bonchev–Trinajstić information content (AvgIpc) is 3.35. The van der Waals surface area contributed by atoms with Gasteiger partial charge in [0.15, 0.2) is 0 Å². The van der Waals surface area contributed by atoms with Crippen LogP contribution >= 0.6 is 0 Å². The molecule has 2 aromatic rings. The first kappa shape index (κ1) is 25.4. The molecule has 0 bridgehead atoms. The third-order valence-corrected chi connectivity index (χ3v) is 7.66. The SMILES string of the molecule is COc1cc(-c2ccc(NC3(C(=O)O)CCC(F)(F)CC3)cc2COC2CCCC2)cc(C)c1C. The molecule has 0 atom stereocenters. The van der Waals surface area contributed by atoms with E-state index in [1.54, 1.807) is 7.11 Å². The van der Waals surface area contributed by atoms with Crippen LogP contribution in [0.3, 0.4) is 0 Å². The fraction of sp³-hybridized carbons (Fsp3) is 0.536. The fourth-order valence-corrected chi connectivity index (χ4v) is 5.24. The molecule has 2 fully saturated rings. The Morgan fingerprint density at radius 1 is 1.09 bits per heavy atom. The summed E-state index contributed by atoms with van der Waals surface area (Å²) in [5.41, 5.74) is 4.28. The van der Waals surface area contributed by atoms with Gasteiger partial charge in [-0.2, -0.15) is 0 Å². The van der Waals surface area contributed by atoms with Crippen molar-refractivity contribution in [3.05, 3.63) is 47.0 Å². The van der Waals surface area contributed by atoms with E-state index in [4.69, 9.17) is 9.47 Å². The summed E-state index contributed by atoms with van der Waals surface area (Å²) >= 11 is 0. The number of aryl methyl sites for hydroxylation is 1. The first-order valence-electron chi connectivity index (χ1n) is 12.4. The molecule has 2 aromatic carbocycles. The number of anilines is 1. The molecule has 2 saturated carbocycles. The highest BCUT2D eigenvalue weighted by atomic mass is 19.3. The molecule has 2 aliphatic carbocycles. The number of methoxy groups -OCH3 is 1. The Bertz CT molecular complexity index is 1070. The number of nitrogens with one attached hydrogen (secondary N) is 1. The van der Waals surface area contributed by atoms with Crippen molar-refractivity contribution in [2.24, 2.45) is 0 Å². The van der Waals surface area contributed by atoms with Crippen LogP contribution in [0.5, 0.6) is 5.75 Å². The van der Waals surface area contributed by atoms with Crippen LogP contribution in [0, 0.1) is 13.8 Å². The summed E-state index contributed by atoms with van der Waals surface area (Å²) in [6.07, 6.45) is 3.51. The summed E-state index contributed by atoms with van der Waals surface area (Å²) in [6.45, 7) is 4.46. The molecule has 0 spiro atoms. The summed E-state index contributed by atoms with van der Waals surface area (Å²) in [6, 6.07) is 9.80. The van der Waals surface area contributed by atoms with Crippen molar-refractivity contribution in [3.8, 4) is 16.9 Å². The normalized spacial score (nSPS) is 19.5. The van der Waals surface area contributed by atoms with Crippen molar-refractivity contribution < 1.29 is 28.2 Å². The molecule has 0 saturated heterocycles. The Morgan fingerprint density at radius 2 is 1.77 bits per heavy atom. The standard InChI is InChI=1S/C28H35F2NO4/c1-18-14-20(16-25(34-3)19(18)2)24-9-8-22(15-21(24)17-35-23-6-4-5-7-23)31-27(26(32)33)10-12-28(29,30)13-11-27/h8-9,14-16,23,31H,4-7,10-13,17H2,1-3H3,(H,32,33). The molecule has 0 unspecified atom stereocenters. The van der Waals surface area contributed by atoms with Crippen LogP contribution in [0.4, 0.5) is 14.5 Å². The van der Waals surface area contributed by atoms with Gasteiger partial charge in [-0.3, -0.25) is 0 Å². The lowest BCUT2D eigenvalue weighted by Gasteiger charge is -2.38. The number of benzene rings is 2. The highest BCUT2D eigenvalue weighted by molar-refractivity contribution is 5.83. The van der Waals surface area contributed by atoms with Crippen molar-refractivity contribution in [1.29, 1.82) is 0 Å². The number of carboxylic acids is 1. The van der Waals surface area contributed by atoms with Gasteiger partial charge in [-0.15, -0.1) is 0 Å². The number of alkyl halides is 2. The second kappa shape index (κ2) is 10.1. The predicted molar refractivity (Wildman–Crippen MR) is 132 cm³/mol. The molecule has 0 heterocycles. The lowest BCUT2D eigenvalue weighted by atomic mass is 9.79. The highest BCUT2D eigenvalue weighted by Gasteiger charge is 2.48. The quantitative estimate of drug-likeness (QED) is 0.425. The maximum absolute atomic E-state index is 13.8. The molecular formula is C28H35F2NO4. The van der Waals surface area contributed by atoms with E-state index in [0.29, 0.717) is 12.3 Å². The first-order chi connectivity index (χ1) is 16.6. The van der Waals surface area contributed by atoms with Crippen molar-refractivity contribution in [1.82, 2.24) is 0 Å². The Balaban J connectivity index is 1.68. The van der Waals surface area contributed by atoms with Gasteiger partial charge in [0.2, 0.25) is 5.92 Å². The number of hydrogen-bond donors (Lipinski definition) is 2. The van der Waals surface area contributed by atoms with Gasteiger partial charge >= 0.3 is 5.97 Å². The molecule has 0 aromatic heterocycles. The van der Waals surface area contributed by atoms with Crippen LogP contribution in [-0.2, 0) is 16.1 Å². The molecule has 0 radical (unpaired) electrons. The lowest BCUT2D eigenvalue weighted by Crippen LogP contribution is -2.51. The zero-order valence-electron chi connectivity index (χ0n) is 20.8. The van der Waals surface area contributed by atoms with Crippen molar-refractivity contribution >= 4 is 11.7 Å². The second-order valence-corrected chi connectivity index (χ2v) is 10.1. The highest BCUT2D eigenvalue weighted by Crippen LogP contribution is 2.41. The van der Waals surface area contributed by atoms with Gasteiger partial charge in [-0.1, -0.05) is 25.0 Å². The van der Waals surface area contributed by atoms with Gasteiger partial charge in [0.05, 0.1) is 19.8 Å². The first-order valence-corrected chi connectivity index (χ1v) is 12.4. The van der Waals surface area contributed by atoms with E-state index in [-0.39, 0.29) is 18.9 Å². The number of ether oxygens (including phenoxy) is 2. The third-order valence-electron chi connectivity index (χ3n) is 7.66. The number of aliphatic carboxylic acids is 1. The summed E-state index contributed by atoms with van der Waals surface area (Å²) < 4.78 is 39.4. The molecule has 7 heteroatoms. The van der Waals surface area contributed by atoms with E-state index < -0.39 is 30.3 Å². The van der Waals surface area contributed by atoms with Crippen molar-refractivity contribution in [2.45, 2.75) is 89.4 Å². The summed E-state index contributed by atoms with van der Waals surface area (Å²) in [4.78, 5) is 12.2. The summed E-state index contributed by atoms with van der Waals surface area (Å²) in [7, 11) is 1.65. The van der Waals surface area contributed by atoms with Crippen molar-refractivity contribution in [3.63, 3.8) is 0 Å². The van der Waals surface area contributed by atoms with E-state index in [1.807, 2.05) is 38.1 Å². The number of carboxylic acid groups (broad SMARTS) is 1. The van der Waals surface area contributed by atoms with Crippen LogP contribution in [0.1, 0.15) is 68.1 Å². The van der Waals surface area contributed by atoms with E-state index in [2.05, 4.69) is 11.4 Å². The molecule has 35 heavy (non-hydrogen) atoms. The minimum absolute atomic E-state index is 0.126. The van der Waals surface area contributed by atoms with Gasteiger partial charge in [0.1, 0.15) is 11.3 Å². The van der Waals surface area contributed by atoms with Crippen LogP contribution in [-0.4, -0.2) is 35.8 Å². The number of carbonyl (C=O) groups is 1. The zero-order chi connectivity index (χ0) is 25.2. The lowest BCUT2D eigenvalue weighted by molar-refractivity contribution is -0.146. The Hall–Kier alpha value is -2.67. The predicted octanol–water partition coefficient (Wildman–Crippen LogP) is 6.88. The minimum Gasteiger partial charge on any atom is -0.496 e. The number of hydrogen-bond acceptors (Lipinski definition) is 4. The summed E-state index contributed by atoms with van der Waals surface area (Å²) in [5, 5.41) is 13.0. The van der Waals surface area contributed by atoms with Gasteiger partial charge < -0.3 is 19.9 Å². The maximum Gasteiger partial charge on any atom is 0.329 e. The van der Waals surface area contributed by atoms with Crippen LogP contribution in [0.2, 0.25) is 0 Å². The Labute approximate surface area is 205 Å². The van der Waals surface area contributed by atoms with Gasteiger partial charge in [0, 0.05) is 18.5 Å². The van der Waals surface area contributed by atoms with Gasteiger partial charge in [-0.25, -0.2) is 13.6 Å². The molecule has 190 valence electrons. The van der Waals surface area contributed by atoms with E-state index in [9.17, 15) is 18.7 Å². The molecule has 2 aliphatic rings. The molecule has 2 N–H and O–H groups in total.